The van der Waals surface area contributed by atoms with Gasteiger partial charge in [0.2, 0.25) is 5.91 Å². The fourth-order valence-electron chi connectivity index (χ4n) is 3.65. The van der Waals surface area contributed by atoms with Gasteiger partial charge in [-0.1, -0.05) is 42.1 Å². The Morgan fingerprint density at radius 3 is 2.30 bits per heavy atom. The maximum absolute atomic E-state index is 13.2. The lowest BCUT2D eigenvalue weighted by Gasteiger charge is -2.27. The van der Waals surface area contributed by atoms with Gasteiger partial charge in [-0.05, 0) is 62.4 Å². The van der Waals surface area contributed by atoms with E-state index in [9.17, 15) is 9.59 Å². The normalized spacial score (nSPS) is 11.0. The van der Waals surface area contributed by atoms with E-state index in [1.54, 1.807) is 18.0 Å². The van der Waals surface area contributed by atoms with E-state index in [0.717, 1.165) is 17.1 Å². The Morgan fingerprint density at radius 2 is 1.61 bits per heavy atom. The van der Waals surface area contributed by atoms with Crippen molar-refractivity contribution in [2.24, 2.45) is 7.05 Å². The molecule has 0 aliphatic rings. The molecular formula is C26H26N4O2S. The highest BCUT2D eigenvalue weighted by atomic mass is 32.2. The summed E-state index contributed by atoms with van der Waals surface area (Å²) in [4.78, 5) is 32.2. The van der Waals surface area contributed by atoms with Gasteiger partial charge in [-0.2, -0.15) is 0 Å². The Labute approximate surface area is 197 Å². The van der Waals surface area contributed by atoms with Crippen LogP contribution in [-0.4, -0.2) is 27.3 Å². The zero-order valence-electron chi connectivity index (χ0n) is 18.9. The van der Waals surface area contributed by atoms with Crippen molar-refractivity contribution in [2.75, 3.05) is 16.0 Å². The number of aromatic nitrogens is 2. The van der Waals surface area contributed by atoms with Crippen molar-refractivity contribution in [2.45, 2.75) is 25.0 Å². The number of nitrogens with one attached hydrogen (secondary N) is 1. The summed E-state index contributed by atoms with van der Waals surface area (Å²) in [6.45, 7) is 3.98. The quantitative estimate of drug-likeness (QED) is 0.304. The summed E-state index contributed by atoms with van der Waals surface area (Å²) in [7, 11) is 1.69. The molecule has 0 bridgehead atoms. The molecule has 0 aliphatic carbocycles. The maximum atomic E-state index is 13.2. The number of thioether (sulfide) groups is 1. The summed E-state index contributed by atoms with van der Waals surface area (Å²) in [6.07, 6.45) is 0. The number of rotatable bonds is 7. The minimum Gasteiger partial charge on any atom is -0.356 e. The Bertz CT molecular complexity index is 1320. The molecule has 0 atom stereocenters. The molecule has 1 heterocycles. The summed E-state index contributed by atoms with van der Waals surface area (Å²) in [6, 6.07) is 25.0. The average Bonchev–Trinajstić information content (AvgIpc) is 2.82. The topological polar surface area (TPSA) is 67.2 Å². The van der Waals surface area contributed by atoms with Crippen LogP contribution in [0.3, 0.4) is 0 Å². The van der Waals surface area contributed by atoms with E-state index < -0.39 is 0 Å². The van der Waals surface area contributed by atoms with Gasteiger partial charge in [0, 0.05) is 30.2 Å². The Hall–Kier alpha value is -3.58. The van der Waals surface area contributed by atoms with Crippen LogP contribution in [0.1, 0.15) is 13.8 Å². The van der Waals surface area contributed by atoms with E-state index in [0.29, 0.717) is 16.1 Å². The molecule has 0 saturated heterocycles. The number of hydrogen-bond acceptors (Lipinski definition) is 5. The van der Waals surface area contributed by atoms with Gasteiger partial charge in [0.15, 0.2) is 5.16 Å². The Morgan fingerprint density at radius 1 is 0.970 bits per heavy atom. The van der Waals surface area contributed by atoms with Crippen LogP contribution in [0.2, 0.25) is 0 Å². The van der Waals surface area contributed by atoms with Gasteiger partial charge in [0.25, 0.3) is 5.56 Å². The van der Waals surface area contributed by atoms with Gasteiger partial charge in [-0.15, -0.1) is 0 Å². The van der Waals surface area contributed by atoms with Gasteiger partial charge in [-0.25, -0.2) is 4.98 Å². The molecule has 7 heteroatoms. The molecule has 1 aromatic heterocycles. The van der Waals surface area contributed by atoms with Gasteiger partial charge < -0.3 is 10.2 Å². The van der Waals surface area contributed by atoms with Crippen molar-refractivity contribution in [1.29, 1.82) is 0 Å². The number of fused-ring (bicyclic) bond motifs is 1. The molecule has 6 nitrogen and oxygen atoms in total. The van der Waals surface area contributed by atoms with Gasteiger partial charge in [0.1, 0.15) is 0 Å². The number of benzene rings is 3. The highest BCUT2D eigenvalue weighted by Gasteiger charge is 2.20. The molecular weight excluding hydrogens is 432 g/mol. The lowest BCUT2D eigenvalue weighted by atomic mass is 10.2. The van der Waals surface area contributed by atoms with E-state index in [-0.39, 0.29) is 23.3 Å². The van der Waals surface area contributed by atoms with Crippen LogP contribution in [-0.2, 0) is 11.8 Å². The summed E-state index contributed by atoms with van der Waals surface area (Å²) in [5.74, 6) is 0.141. The second-order valence-electron chi connectivity index (χ2n) is 7.96. The molecule has 0 fully saturated rings. The molecule has 0 radical (unpaired) electrons. The number of nitrogens with zero attached hydrogens (tertiary/aromatic N) is 3. The van der Waals surface area contributed by atoms with Crippen molar-refractivity contribution in [1.82, 2.24) is 9.55 Å². The van der Waals surface area contributed by atoms with Crippen LogP contribution in [0.25, 0.3) is 10.9 Å². The maximum Gasteiger partial charge on any atom is 0.261 e. The molecule has 0 spiro atoms. The molecule has 0 unspecified atom stereocenters. The fourth-order valence-corrected chi connectivity index (χ4v) is 4.48. The minimum atomic E-state index is -0.113. The van der Waals surface area contributed by atoms with Crippen LogP contribution in [0.4, 0.5) is 17.1 Å². The van der Waals surface area contributed by atoms with Crippen molar-refractivity contribution in [3.63, 3.8) is 0 Å². The monoisotopic (exact) mass is 458 g/mol. The molecule has 4 rings (SSSR count). The third-order valence-corrected chi connectivity index (χ3v) is 6.27. The molecule has 3 aromatic carbocycles. The SMILES string of the molecule is CC(C)N(C(=O)CSc1nc2ccccc2c(=O)n1C)c1ccc(Nc2ccccc2)cc1. The van der Waals surface area contributed by atoms with Crippen molar-refractivity contribution in [3.05, 3.63) is 89.2 Å². The van der Waals surface area contributed by atoms with E-state index in [1.807, 2.05) is 86.6 Å². The Balaban J connectivity index is 1.49. The molecule has 4 aromatic rings. The number of hydrogen-bond donors (Lipinski definition) is 1. The largest absolute Gasteiger partial charge is 0.356 e. The van der Waals surface area contributed by atoms with Gasteiger partial charge >= 0.3 is 0 Å². The van der Waals surface area contributed by atoms with Crippen LogP contribution in [0.5, 0.6) is 0 Å². The number of carbonyl (C=O) groups excluding carboxylic acids is 1. The van der Waals surface area contributed by atoms with Crippen LogP contribution in [0.15, 0.2) is 88.8 Å². The Kier molecular flexibility index (Phi) is 6.79. The van der Waals surface area contributed by atoms with Gasteiger partial charge in [-0.3, -0.25) is 14.2 Å². The molecule has 168 valence electrons. The zero-order valence-corrected chi connectivity index (χ0v) is 19.7. The van der Waals surface area contributed by atoms with Gasteiger partial charge in [0.05, 0.1) is 16.7 Å². The number of carbonyl (C=O) groups is 1. The first-order valence-electron chi connectivity index (χ1n) is 10.8. The molecule has 1 amide bonds. The average molecular weight is 459 g/mol. The van der Waals surface area contributed by atoms with Crippen LogP contribution < -0.4 is 15.8 Å². The molecule has 0 saturated carbocycles. The molecule has 0 aliphatic heterocycles. The summed E-state index contributed by atoms with van der Waals surface area (Å²) in [5.41, 5.74) is 3.31. The summed E-state index contributed by atoms with van der Waals surface area (Å²) < 4.78 is 1.50. The lowest BCUT2D eigenvalue weighted by molar-refractivity contribution is -0.116. The summed E-state index contributed by atoms with van der Waals surface area (Å²) >= 11 is 1.28. The number of para-hydroxylation sites is 2. The highest BCUT2D eigenvalue weighted by molar-refractivity contribution is 7.99. The first-order valence-corrected chi connectivity index (χ1v) is 11.8. The first kappa shape index (κ1) is 22.6. The third kappa shape index (κ3) is 5.09. The standard InChI is InChI=1S/C26H26N4O2S/c1-18(2)30(21-15-13-20(14-16-21)27-19-9-5-4-6-10-19)24(31)17-33-26-28-23-12-8-7-11-22(23)25(32)29(26)3/h4-16,18,27H,17H2,1-3H3. The van der Waals surface area contributed by atoms with Crippen LogP contribution in [0, 0.1) is 0 Å². The predicted octanol–water partition coefficient (Wildman–Crippen LogP) is 5.21. The number of anilines is 3. The van der Waals surface area contributed by atoms with Crippen molar-refractivity contribution >= 4 is 45.6 Å². The van der Waals surface area contributed by atoms with E-state index in [1.165, 1.54) is 16.3 Å². The molecule has 1 N–H and O–H groups in total. The summed E-state index contributed by atoms with van der Waals surface area (Å²) in [5, 5.41) is 4.45. The molecule has 33 heavy (non-hydrogen) atoms. The second kappa shape index (κ2) is 9.92. The fraction of sp³-hybridized carbons (Fsp3) is 0.192. The van der Waals surface area contributed by atoms with E-state index in [2.05, 4.69) is 10.3 Å². The van der Waals surface area contributed by atoms with E-state index in [4.69, 9.17) is 0 Å². The minimum absolute atomic E-state index is 0.0144. The highest BCUT2D eigenvalue weighted by Crippen LogP contribution is 2.25. The van der Waals surface area contributed by atoms with Crippen molar-refractivity contribution in [3.8, 4) is 0 Å². The third-order valence-electron chi connectivity index (χ3n) is 5.26. The van der Waals surface area contributed by atoms with Crippen LogP contribution >= 0.6 is 11.8 Å². The second-order valence-corrected chi connectivity index (χ2v) is 8.90. The van der Waals surface area contributed by atoms with Crippen molar-refractivity contribution < 1.29 is 4.79 Å². The smallest absolute Gasteiger partial charge is 0.261 e. The van der Waals surface area contributed by atoms with E-state index >= 15 is 0 Å². The lowest BCUT2D eigenvalue weighted by Crippen LogP contribution is -2.38. The number of amides is 1. The first-order chi connectivity index (χ1) is 15.9. The predicted molar refractivity (Wildman–Crippen MR) is 136 cm³/mol. The zero-order chi connectivity index (χ0) is 23.4.